The van der Waals surface area contributed by atoms with Gasteiger partial charge < -0.3 is 10.1 Å². The zero-order chi connectivity index (χ0) is 17.4. The van der Waals surface area contributed by atoms with Gasteiger partial charge in [0.15, 0.2) is 6.61 Å². The molecule has 0 unspecified atom stereocenters. The van der Waals surface area contributed by atoms with E-state index in [-0.39, 0.29) is 0 Å². The summed E-state index contributed by atoms with van der Waals surface area (Å²) in [6, 6.07) is 15.8. The maximum Gasteiger partial charge on any atom is 0.339 e. The predicted octanol–water partition coefficient (Wildman–Crippen LogP) is 2.36. The molecule has 3 amide bonds. The van der Waals surface area contributed by atoms with Crippen LogP contribution in [0.3, 0.4) is 0 Å². The standard InChI is InChI=1S/C18H18N2O4/c1-2-19-18(23)20-16(21)12-24-17(22)15-11-7-6-10-14(15)13-8-4-3-5-9-13/h3-11H,2,12H2,1H3,(H2,19,20,21,23). The number of esters is 1. The van der Waals surface area contributed by atoms with Gasteiger partial charge in [0.05, 0.1) is 5.56 Å². The fraction of sp³-hybridized carbons (Fsp3) is 0.167. The largest absolute Gasteiger partial charge is 0.452 e. The molecule has 0 aliphatic heterocycles. The molecule has 2 aromatic carbocycles. The van der Waals surface area contributed by atoms with Crippen LogP contribution in [0.4, 0.5) is 4.79 Å². The van der Waals surface area contributed by atoms with E-state index in [0.717, 1.165) is 5.56 Å². The zero-order valence-electron chi connectivity index (χ0n) is 13.2. The van der Waals surface area contributed by atoms with Gasteiger partial charge in [0, 0.05) is 6.54 Å². The summed E-state index contributed by atoms with van der Waals surface area (Å²) >= 11 is 0. The van der Waals surface area contributed by atoms with Gasteiger partial charge in [-0.25, -0.2) is 9.59 Å². The average molecular weight is 326 g/mol. The maximum atomic E-state index is 12.3. The molecule has 2 N–H and O–H groups in total. The highest BCUT2D eigenvalue weighted by molar-refractivity contribution is 5.99. The van der Waals surface area contributed by atoms with Gasteiger partial charge in [-0.1, -0.05) is 48.5 Å². The zero-order valence-corrected chi connectivity index (χ0v) is 13.2. The van der Waals surface area contributed by atoms with E-state index in [9.17, 15) is 14.4 Å². The molecule has 2 rings (SSSR count). The van der Waals surface area contributed by atoms with Crippen molar-refractivity contribution in [2.75, 3.05) is 13.2 Å². The van der Waals surface area contributed by atoms with Crippen molar-refractivity contribution in [3.63, 3.8) is 0 Å². The number of nitrogens with one attached hydrogen (secondary N) is 2. The molecule has 0 atom stereocenters. The number of ether oxygens (including phenoxy) is 1. The van der Waals surface area contributed by atoms with Crippen molar-refractivity contribution in [3.8, 4) is 11.1 Å². The van der Waals surface area contributed by atoms with Crippen LogP contribution < -0.4 is 10.6 Å². The van der Waals surface area contributed by atoms with E-state index in [1.165, 1.54) is 0 Å². The Hall–Kier alpha value is -3.15. The minimum atomic E-state index is -0.688. The third-order valence-corrected chi connectivity index (χ3v) is 3.16. The molecule has 0 aliphatic rings. The molecule has 0 saturated carbocycles. The Balaban J connectivity index is 2.03. The predicted molar refractivity (Wildman–Crippen MR) is 89.4 cm³/mol. The van der Waals surface area contributed by atoms with Crippen LogP contribution in [0.5, 0.6) is 0 Å². The molecule has 124 valence electrons. The van der Waals surface area contributed by atoms with Gasteiger partial charge in [0.2, 0.25) is 0 Å². The van der Waals surface area contributed by atoms with E-state index >= 15 is 0 Å². The Morgan fingerprint density at radius 2 is 1.62 bits per heavy atom. The summed E-state index contributed by atoms with van der Waals surface area (Å²) in [5, 5.41) is 4.48. The first kappa shape index (κ1) is 17.2. The highest BCUT2D eigenvalue weighted by Gasteiger charge is 2.15. The van der Waals surface area contributed by atoms with Crippen molar-refractivity contribution < 1.29 is 19.1 Å². The van der Waals surface area contributed by atoms with Crippen LogP contribution in [-0.4, -0.2) is 31.1 Å². The highest BCUT2D eigenvalue weighted by Crippen LogP contribution is 2.23. The first-order valence-electron chi connectivity index (χ1n) is 7.51. The van der Waals surface area contributed by atoms with E-state index in [1.807, 2.05) is 36.4 Å². The quantitative estimate of drug-likeness (QED) is 0.826. The van der Waals surface area contributed by atoms with Gasteiger partial charge in [0.25, 0.3) is 5.91 Å². The van der Waals surface area contributed by atoms with Gasteiger partial charge in [0.1, 0.15) is 0 Å². The van der Waals surface area contributed by atoms with Crippen LogP contribution in [0.1, 0.15) is 17.3 Å². The Kier molecular flexibility index (Phi) is 6.08. The van der Waals surface area contributed by atoms with Gasteiger partial charge in [-0.05, 0) is 24.1 Å². The van der Waals surface area contributed by atoms with Crippen molar-refractivity contribution in [3.05, 3.63) is 60.2 Å². The Bertz CT molecular complexity index is 729. The number of amides is 3. The normalized spacial score (nSPS) is 9.88. The van der Waals surface area contributed by atoms with Crippen LogP contribution in [0.15, 0.2) is 54.6 Å². The topological polar surface area (TPSA) is 84.5 Å². The Morgan fingerprint density at radius 1 is 0.958 bits per heavy atom. The fourth-order valence-corrected chi connectivity index (χ4v) is 2.11. The molecular formula is C18H18N2O4. The first-order chi connectivity index (χ1) is 11.6. The van der Waals surface area contributed by atoms with Gasteiger partial charge in [-0.3, -0.25) is 10.1 Å². The van der Waals surface area contributed by atoms with E-state index < -0.39 is 24.5 Å². The summed E-state index contributed by atoms with van der Waals surface area (Å²) in [7, 11) is 0. The highest BCUT2D eigenvalue weighted by atomic mass is 16.5. The third-order valence-electron chi connectivity index (χ3n) is 3.16. The molecule has 0 aliphatic carbocycles. The first-order valence-corrected chi connectivity index (χ1v) is 7.51. The summed E-state index contributed by atoms with van der Waals surface area (Å²) < 4.78 is 5.00. The molecule has 0 bridgehead atoms. The summed E-state index contributed by atoms with van der Waals surface area (Å²) in [5.74, 6) is -1.31. The summed E-state index contributed by atoms with van der Waals surface area (Å²) in [6.07, 6.45) is 0. The minimum Gasteiger partial charge on any atom is -0.452 e. The molecule has 0 heterocycles. The molecule has 0 radical (unpaired) electrons. The van der Waals surface area contributed by atoms with E-state index in [1.54, 1.807) is 25.1 Å². The summed E-state index contributed by atoms with van der Waals surface area (Å²) in [5.41, 5.74) is 1.94. The van der Waals surface area contributed by atoms with E-state index in [0.29, 0.717) is 17.7 Å². The van der Waals surface area contributed by atoms with Gasteiger partial charge in [-0.2, -0.15) is 0 Å². The lowest BCUT2D eigenvalue weighted by Crippen LogP contribution is -2.41. The number of benzene rings is 2. The molecule has 0 saturated heterocycles. The monoisotopic (exact) mass is 326 g/mol. The molecule has 0 fully saturated rings. The number of rotatable bonds is 5. The minimum absolute atomic E-state index is 0.356. The smallest absolute Gasteiger partial charge is 0.339 e. The van der Waals surface area contributed by atoms with Crippen molar-refractivity contribution in [2.24, 2.45) is 0 Å². The maximum absolute atomic E-state index is 12.3. The molecular weight excluding hydrogens is 308 g/mol. The molecule has 0 spiro atoms. The van der Waals surface area contributed by atoms with Crippen LogP contribution >= 0.6 is 0 Å². The van der Waals surface area contributed by atoms with Crippen molar-refractivity contribution >= 4 is 17.9 Å². The molecule has 24 heavy (non-hydrogen) atoms. The second-order valence-electron chi connectivity index (χ2n) is 4.90. The lowest BCUT2D eigenvalue weighted by molar-refractivity contribution is -0.123. The number of carbonyl (C=O) groups is 3. The number of hydrogen-bond acceptors (Lipinski definition) is 4. The number of urea groups is 1. The second-order valence-corrected chi connectivity index (χ2v) is 4.90. The molecule has 2 aromatic rings. The Morgan fingerprint density at radius 3 is 2.33 bits per heavy atom. The van der Waals surface area contributed by atoms with Crippen LogP contribution in [-0.2, 0) is 9.53 Å². The lowest BCUT2D eigenvalue weighted by atomic mass is 10.00. The molecule has 0 aromatic heterocycles. The van der Waals surface area contributed by atoms with Crippen LogP contribution in [0.2, 0.25) is 0 Å². The van der Waals surface area contributed by atoms with E-state index in [4.69, 9.17) is 4.74 Å². The number of imide groups is 1. The molecule has 6 nitrogen and oxygen atoms in total. The van der Waals surface area contributed by atoms with Crippen LogP contribution in [0, 0.1) is 0 Å². The van der Waals surface area contributed by atoms with Gasteiger partial charge >= 0.3 is 12.0 Å². The third kappa shape index (κ3) is 4.67. The van der Waals surface area contributed by atoms with Crippen molar-refractivity contribution in [2.45, 2.75) is 6.92 Å². The lowest BCUT2D eigenvalue weighted by Gasteiger charge is -2.10. The number of hydrogen-bond donors (Lipinski definition) is 2. The van der Waals surface area contributed by atoms with Gasteiger partial charge in [-0.15, -0.1) is 0 Å². The Labute approximate surface area is 139 Å². The van der Waals surface area contributed by atoms with Crippen molar-refractivity contribution in [1.29, 1.82) is 0 Å². The van der Waals surface area contributed by atoms with E-state index in [2.05, 4.69) is 10.6 Å². The average Bonchev–Trinajstić information content (AvgIpc) is 2.60. The van der Waals surface area contributed by atoms with Crippen LogP contribution in [0.25, 0.3) is 11.1 Å². The SMILES string of the molecule is CCNC(=O)NC(=O)COC(=O)c1ccccc1-c1ccccc1. The molecule has 6 heteroatoms. The fourth-order valence-electron chi connectivity index (χ4n) is 2.11. The van der Waals surface area contributed by atoms with Crippen molar-refractivity contribution in [1.82, 2.24) is 10.6 Å². The number of carbonyl (C=O) groups excluding carboxylic acids is 3. The summed E-state index contributed by atoms with van der Waals surface area (Å²) in [6.45, 7) is 1.59. The summed E-state index contributed by atoms with van der Waals surface area (Å²) in [4.78, 5) is 35.0. The second kappa shape index (κ2) is 8.47.